The first kappa shape index (κ1) is 13.0. The van der Waals surface area contributed by atoms with Gasteiger partial charge in [-0.2, -0.15) is 0 Å². The number of thiazole rings is 1. The van der Waals surface area contributed by atoms with Gasteiger partial charge in [-0.1, -0.05) is 19.8 Å². The molecular formula is C14H24N2S. The first-order valence-electron chi connectivity index (χ1n) is 6.98. The lowest BCUT2D eigenvalue weighted by Gasteiger charge is -2.31. The fourth-order valence-electron chi connectivity index (χ4n) is 2.89. The van der Waals surface area contributed by atoms with Crippen molar-refractivity contribution in [3.05, 3.63) is 16.6 Å². The minimum absolute atomic E-state index is 0.883. The van der Waals surface area contributed by atoms with Gasteiger partial charge in [0.15, 0.2) is 0 Å². The summed E-state index contributed by atoms with van der Waals surface area (Å²) in [5.74, 6) is 1.77. The molecule has 2 rings (SSSR count). The molecule has 1 aliphatic carbocycles. The number of nitrogens with zero attached hydrogens (tertiary/aromatic N) is 1. The van der Waals surface area contributed by atoms with Crippen LogP contribution >= 0.6 is 11.3 Å². The molecule has 96 valence electrons. The maximum atomic E-state index is 4.19. The SMILES string of the molecule is CCCNCC1CCCCC1Cc1cncs1. The van der Waals surface area contributed by atoms with Crippen LogP contribution in [-0.4, -0.2) is 18.1 Å². The molecule has 0 saturated heterocycles. The summed E-state index contributed by atoms with van der Waals surface area (Å²) in [6, 6.07) is 0. The lowest BCUT2D eigenvalue weighted by Crippen LogP contribution is -2.32. The van der Waals surface area contributed by atoms with Gasteiger partial charge < -0.3 is 5.32 Å². The van der Waals surface area contributed by atoms with Crippen molar-refractivity contribution < 1.29 is 0 Å². The van der Waals surface area contributed by atoms with Crippen LogP contribution in [0.3, 0.4) is 0 Å². The Hall–Kier alpha value is -0.410. The summed E-state index contributed by atoms with van der Waals surface area (Å²) in [7, 11) is 0. The first-order chi connectivity index (χ1) is 8.40. The summed E-state index contributed by atoms with van der Waals surface area (Å²) in [4.78, 5) is 5.66. The summed E-state index contributed by atoms with van der Waals surface area (Å²) < 4.78 is 0. The van der Waals surface area contributed by atoms with Crippen molar-refractivity contribution in [1.82, 2.24) is 10.3 Å². The van der Waals surface area contributed by atoms with Gasteiger partial charge in [-0.05, 0) is 50.6 Å². The zero-order valence-electron chi connectivity index (χ0n) is 10.8. The zero-order chi connectivity index (χ0) is 11.9. The Balaban J connectivity index is 1.83. The summed E-state index contributed by atoms with van der Waals surface area (Å²) in [5.41, 5.74) is 1.96. The Morgan fingerprint density at radius 2 is 2.18 bits per heavy atom. The Morgan fingerprint density at radius 1 is 1.35 bits per heavy atom. The minimum atomic E-state index is 0.883. The molecule has 0 bridgehead atoms. The smallest absolute Gasteiger partial charge is 0.0794 e. The molecule has 1 aliphatic rings. The highest BCUT2D eigenvalue weighted by molar-refractivity contribution is 7.09. The average molecular weight is 252 g/mol. The van der Waals surface area contributed by atoms with Gasteiger partial charge in [0.05, 0.1) is 5.51 Å². The van der Waals surface area contributed by atoms with E-state index in [0.717, 1.165) is 11.8 Å². The maximum Gasteiger partial charge on any atom is 0.0794 e. The second-order valence-corrected chi connectivity index (χ2v) is 6.15. The van der Waals surface area contributed by atoms with Crippen LogP contribution in [0.5, 0.6) is 0 Å². The lowest BCUT2D eigenvalue weighted by atomic mass is 9.77. The van der Waals surface area contributed by atoms with E-state index in [1.807, 2.05) is 16.8 Å². The number of hydrogen-bond donors (Lipinski definition) is 1. The fraction of sp³-hybridized carbons (Fsp3) is 0.786. The minimum Gasteiger partial charge on any atom is -0.316 e. The van der Waals surface area contributed by atoms with Crippen molar-refractivity contribution in [2.75, 3.05) is 13.1 Å². The van der Waals surface area contributed by atoms with Gasteiger partial charge in [-0.15, -0.1) is 11.3 Å². The third-order valence-electron chi connectivity index (χ3n) is 3.85. The lowest BCUT2D eigenvalue weighted by molar-refractivity contribution is 0.229. The first-order valence-corrected chi connectivity index (χ1v) is 7.86. The number of nitrogens with one attached hydrogen (secondary N) is 1. The predicted molar refractivity (Wildman–Crippen MR) is 74.4 cm³/mol. The molecule has 1 fully saturated rings. The van der Waals surface area contributed by atoms with Crippen molar-refractivity contribution in [3.63, 3.8) is 0 Å². The van der Waals surface area contributed by atoms with Gasteiger partial charge in [-0.25, -0.2) is 0 Å². The summed E-state index contributed by atoms with van der Waals surface area (Å²) >= 11 is 1.82. The highest BCUT2D eigenvalue weighted by Crippen LogP contribution is 2.32. The van der Waals surface area contributed by atoms with Gasteiger partial charge in [0.2, 0.25) is 0 Å². The molecule has 0 spiro atoms. The molecule has 1 aromatic heterocycles. The molecule has 1 aromatic rings. The van der Waals surface area contributed by atoms with E-state index in [4.69, 9.17) is 0 Å². The van der Waals surface area contributed by atoms with Crippen molar-refractivity contribution in [2.45, 2.75) is 45.4 Å². The Morgan fingerprint density at radius 3 is 2.88 bits per heavy atom. The van der Waals surface area contributed by atoms with Crippen LogP contribution < -0.4 is 5.32 Å². The predicted octanol–water partition coefficient (Wildman–Crippen LogP) is 3.49. The average Bonchev–Trinajstić information content (AvgIpc) is 2.84. The Kier molecular flexibility index (Phi) is 5.46. The van der Waals surface area contributed by atoms with Crippen molar-refractivity contribution >= 4 is 11.3 Å². The van der Waals surface area contributed by atoms with E-state index in [1.54, 1.807) is 0 Å². The molecule has 0 aliphatic heterocycles. The van der Waals surface area contributed by atoms with Crippen molar-refractivity contribution in [3.8, 4) is 0 Å². The summed E-state index contributed by atoms with van der Waals surface area (Å²) in [6.45, 7) is 4.63. The molecule has 0 radical (unpaired) electrons. The van der Waals surface area contributed by atoms with Gasteiger partial charge in [0, 0.05) is 11.1 Å². The molecule has 1 saturated carbocycles. The second kappa shape index (κ2) is 7.12. The van der Waals surface area contributed by atoms with Gasteiger partial charge in [0.25, 0.3) is 0 Å². The van der Waals surface area contributed by atoms with E-state index in [-0.39, 0.29) is 0 Å². The van der Waals surface area contributed by atoms with Crippen LogP contribution in [-0.2, 0) is 6.42 Å². The summed E-state index contributed by atoms with van der Waals surface area (Å²) in [5, 5.41) is 3.60. The van der Waals surface area contributed by atoms with E-state index in [9.17, 15) is 0 Å². The van der Waals surface area contributed by atoms with Crippen LogP contribution in [0.25, 0.3) is 0 Å². The molecule has 0 amide bonds. The van der Waals surface area contributed by atoms with E-state index >= 15 is 0 Å². The highest BCUT2D eigenvalue weighted by Gasteiger charge is 2.25. The normalized spacial score (nSPS) is 25.0. The quantitative estimate of drug-likeness (QED) is 0.784. The van der Waals surface area contributed by atoms with Crippen molar-refractivity contribution in [1.29, 1.82) is 0 Å². The van der Waals surface area contributed by atoms with E-state index in [0.29, 0.717) is 0 Å². The molecular weight excluding hydrogens is 228 g/mol. The van der Waals surface area contributed by atoms with Crippen LogP contribution in [0.4, 0.5) is 0 Å². The zero-order valence-corrected chi connectivity index (χ0v) is 11.6. The third kappa shape index (κ3) is 4.07. The van der Waals surface area contributed by atoms with E-state index < -0.39 is 0 Å². The van der Waals surface area contributed by atoms with Crippen LogP contribution in [0.1, 0.15) is 43.9 Å². The van der Waals surface area contributed by atoms with Crippen LogP contribution in [0.2, 0.25) is 0 Å². The van der Waals surface area contributed by atoms with Crippen molar-refractivity contribution in [2.24, 2.45) is 11.8 Å². The van der Waals surface area contributed by atoms with E-state index in [2.05, 4.69) is 23.4 Å². The maximum absolute atomic E-state index is 4.19. The van der Waals surface area contributed by atoms with Crippen LogP contribution in [0.15, 0.2) is 11.7 Å². The molecule has 2 nitrogen and oxygen atoms in total. The third-order valence-corrected chi connectivity index (χ3v) is 4.65. The molecule has 2 unspecified atom stereocenters. The topological polar surface area (TPSA) is 24.9 Å². The standard InChI is InChI=1S/C14H24N2S/c1-2-7-15-9-13-6-4-3-5-12(13)8-14-10-16-11-17-14/h10-13,15H,2-9H2,1H3. The highest BCUT2D eigenvalue weighted by atomic mass is 32.1. The fourth-order valence-corrected chi connectivity index (χ4v) is 3.58. The Bertz CT molecular complexity index is 297. The number of rotatable bonds is 6. The monoisotopic (exact) mass is 252 g/mol. The largest absolute Gasteiger partial charge is 0.316 e. The van der Waals surface area contributed by atoms with Gasteiger partial charge >= 0.3 is 0 Å². The Labute approximate surface area is 109 Å². The number of hydrogen-bond acceptors (Lipinski definition) is 3. The van der Waals surface area contributed by atoms with Gasteiger partial charge in [0.1, 0.15) is 0 Å². The second-order valence-electron chi connectivity index (χ2n) is 5.18. The molecule has 3 heteroatoms. The molecule has 17 heavy (non-hydrogen) atoms. The van der Waals surface area contributed by atoms with E-state index in [1.165, 1.54) is 56.5 Å². The molecule has 2 atom stereocenters. The van der Waals surface area contributed by atoms with Gasteiger partial charge in [-0.3, -0.25) is 4.98 Å². The molecule has 0 aromatic carbocycles. The number of aromatic nitrogens is 1. The van der Waals surface area contributed by atoms with Crippen LogP contribution in [0, 0.1) is 11.8 Å². The molecule has 1 heterocycles. The molecule has 1 N–H and O–H groups in total. The summed E-state index contributed by atoms with van der Waals surface area (Å²) in [6.07, 6.45) is 10.2.